The maximum Gasteiger partial charge on any atom is 0.417 e. The Morgan fingerprint density at radius 2 is 1.79 bits per heavy atom. The first-order valence-electron chi connectivity index (χ1n) is 9.70. The summed E-state index contributed by atoms with van der Waals surface area (Å²) in [6.45, 7) is 0. The Morgan fingerprint density at radius 1 is 1.09 bits per heavy atom. The van der Waals surface area contributed by atoms with E-state index in [4.69, 9.17) is 11.6 Å². The minimum absolute atomic E-state index is 0.0425. The Kier molecular flexibility index (Phi) is 7.01. The van der Waals surface area contributed by atoms with Gasteiger partial charge in [0.25, 0.3) is 5.56 Å². The summed E-state index contributed by atoms with van der Waals surface area (Å²) in [6.07, 6.45) is -4.65. The van der Waals surface area contributed by atoms with Crippen LogP contribution in [0.5, 0.6) is 0 Å². The van der Waals surface area contributed by atoms with E-state index in [9.17, 15) is 22.8 Å². The summed E-state index contributed by atoms with van der Waals surface area (Å²) < 4.78 is 41.5. The minimum Gasteiger partial charge on any atom is -0.325 e. The zero-order valence-electron chi connectivity index (χ0n) is 17.1. The number of nitrogens with one attached hydrogen (secondary N) is 1. The highest BCUT2D eigenvalue weighted by Crippen LogP contribution is 2.36. The van der Waals surface area contributed by atoms with Crippen LogP contribution in [0.3, 0.4) is 0 Å². The fourth-order valence-electron chi connectivity index (χ4n) is 3.17. The fraction of sp³-hybridized carbons (Fsp3) is 0.0870. The van der Waals surface area contributed by atoms with Crippen LogP contribution in [0.15, 0.2) is 81.2 Å². The lowest BCUT2D eigenvalue weighted by molar-refractivity contribution is -0.137. The van der Waals surface area contributed by atoms with E-state index in [2.05, 4.69) is 26.2 Å². The van der Waals surface area contributed by atoms with Crippen LogP contribution in [-0.2, 0) is 11.0 Å². The van der Waals surface area contributed by atoms with Crippen molar-refractivity contribution in [3.05, 3.63) is 92.1 Å². The summed E-state index contributed by atoms with van der Waals surface area (Å²) in [5, 5.41) is 2.66. The van der Waals surface area contributed by atoms with Crippen molar-refractivity contribution in [1.82, 2.24) is 9.55 Å². The molecule has 0 aliphatic rings. The van der Waals surface area contributed by atoms with E-state index in [0.717, 1.165) is 28.4 Å². The van der Waals surface area contributed by atoms with Crippen molar-refractivity contribution in [3.8, 4) is 5.69 Å². The molecule has 4 rings (SSSR count). The largest absolute Gasteiger partial charge is 0.417 e. The number of carbonyl (C=O) groups excluding carboxylic acids is 1. The molecule has 0 atom stereocenters. The molecule has 0 spiro atoms. The Bertz CT molecular complexity index is 1440. The Morgan fingerprint density at radius 3 is 2.50 bits per heavy atom. The monoisotopic (exact) mass is 567 g/mol. The molecule has 0 aliphatic heterocycles. The summed E-state index contributed by atoms with van der Waals surface area (Å²) in [6, 6.07) is 17.0. The number of hydrogen-bond donors (Lipinski definition) is 1. The molecule has 3 aromatic carbocycles. The number of halogens is 5. The summed E-state index contributed by atoms with van der Waals surface area (Å²) in [4.78, 5) is 30.3. The lowest BCUT2D eigenvalue weighted by Gasteiger charge is -2.14. The average molecular weight is 569 g/mol. The van der Waals surface area contributed by atoms with E-state index in [-0.39, 0.29) is 22.2 Å². The Labute approximate surface area is 209 Å². The van der Waals surface area contributed by atoms with Gasteiger partial charge in [0.15, 0.2) is 5.16 Å². The topological polar surface area (TPSA) is 64.0 Å². The number of rotatable bonds is 5. The summed E-state index contributed by atoms with van der Waals surface area (Å²) >= 11 is 9.98. The van der Waals surface area contributed by atoms with Gasteiger partial charge >= 0.3 is 6.18 Å². The lowest BCUT2D eigenvalue weighted by Crippen LogP contribution is -2.23. The number of carbonyl (C=O) groups is 1. The molecule has 1 N–H and O–H groups in total. The molecule has 5 nitrogen and oxygen atoms in total. The van der Waals surface area contributed by atoms with Gasteiger partial charge in [-0.3, -0.25) is 14.2 Å². The van der Waals surface area contributed by atoms with E-state index in [0.29, 0.717) is 16.6 Å². The van der Waals surface area contributed by atoms with Crippen molar-refractivity contribution in [2.24, 2.45) is 0 Å². The first-order valence-corrected chi connectivity index (χ1v) is 11.9. The molecule has 1 aromatic heterocycles. The zero-order valence-corrected chi connectivity index (χ0v) is 20.2. The van der Waals surface area contributed by atoms with Gasteiger partial charge in [0, 0.05) is 10.2 Å². The summed E-state index contributed by atoms with van der Waals surface area (Å²) in [5.74, 6) is -0.754. The predicted molar refractivity (Wildman–Crippen MR) is 131 cm³/mol. The van der Waals surface area contributed by atoms with E-state index < -0.39 is 22.7 Å². The molecule has 0 aliphatic carbocycles. The van der Waals surface area contributed by atoms with E-state index in [1.165, 1.54) is 10.6 Å². The zero-order chi connectivity index (χ0) is 24.5. The Hall–Kier alpha value is -2.82. The van der Waals surface area contributed by atoms with Crippen molar-refractivity contribution in [2.75, 3.05) is 11.1 Å². The quantitative estimate of drug-likeness (QED) is 0.219. The smallest absolute Gasteiger partial charge is 0.325 e. The number of alkyl halides is 3. The maximum absolute atomic E-state index is 13.2. The van der Waals surface area contributed by atoms with Gasteiger partial charge in [0.1, 0.15) is 0 Å². The van der Waals surface area contributed by atoms with Crippen LogP contribution in [0.4, 0.5) is 18.9 Å². The van der Waals surface area contributed by atoms with Crippen LogP contribution in [0.25, 0.3) is 16.6 Å². The fourth-order valence-corrected chi connectivity index (χ4v) is 4.48. The molecule has 0 fully saturated rings. The van der Waals surface area contributed by atoms with Crippen LogP contribution in [0.2, 0.25) is 5.02 Å². The van der Waals surface area contributed by atoms with Gasteiger partial charge in [-0.15, -0.1) is 0 Å². The standard InChI is InChI=1S/C23H14BrClF3N3O2S/c24-13-5-8-15(9-6-13)31-21(33)16-3-1-2-4-19(16)30-22(31)34-12-20(32)29-14-7-10-18(25)17(11-14)23(26,27)28/h1-11H,12H2,(H,29,32). The second kappa shape index (κ2) is 9.81. The van der Waals surface area contributed by atoms with Crippen LogP contribution in [-0.4, -0.2) is 21.2 Å². The number of hydrogen-bond acceptors (Lipinski definition) is 4. The lowest BCUT2D eigenvalue weighted by atomic mass is 10.2. The van der Waals surface area contributed by atoms with Gasteiger partial charge in [-0.1, -0.05) is 51.4 Å². The number of aromatic nitrogens is 2. The molecular formula is C23H14BrClF3N3O2S. The van der Waals surface area contributed by atoms with Gasteiger partial charge in [-0.05, 0) is 54.6 Å². The molecule has 0 unspecified atom stereocenters. The van der Waals surface area contributed by atoms with Gasteiger partial charge in [-0.2, -0.15) is 13.2 Å². The average Bonchev–Trinajstić information content (AvgIpc) is 2.79. The molecule has 1 heterocycles. The number of fused-ring (bicyclic) bond motifs is 1. The van der Waals surface area contributed by atoms with Gasteiger partial charge in [0.05, 0.1) is 32.9 Å². The number of thioether (sulfide) groups is 1. The SMILES string of the molecule is O=C(CSc1nc2ccccc2c(=O)n1-c1ccc(Br)cc1)Nc1ccc(Cl)c(C(F)(F)F)c1. The van der Waals surface area contributed by atoms with Crippen molar-refractivity contribution >= 4 is 61.8 Å². The van der Waals surface area contributed by atoms with Crippen LogP contribution in [0, 0.1) is 0 Å². The second-order valence-electron chi connectivity index (χ2n) is 7.06. The minimum atomic E-state index is -4.65. The number of nitrogens with zero attached hydrogens (tertiary/aromatic N) is 2. The highest BCUT2D eigenvalue weighted by atomic mass is 79.9. The third-order valence-corrected chi connectivity index (χ3v) is 6.51. The van der Waals surface area contributed by atoms with Gasteiger partial charge in [0.2, 0.25) is 5.91 Å². The maximum atomic E-state index is 13.2. The second-order valence-corrected chi connectivity index (χ2v) is 9.32. The van der Waals surface area contributed by atoms with Crippen LogP contribution in [0.1, 0.15) is 5.56 Å². The van der Waals surface area contributed by atoms with Crippen molar-refractivity contribution in [1.29, 1.82) is 0 Å². The highest BCUT2D eigenvalue weighted by Gasteiger charge is 2.33. The van der Waals surface area contributed by atoms with Gasteiger partial charge in [-0.25, -0.2) is 4.98 Å². The number of amides is 1. The molecule has 0 radical (unpaired) electrons. The normalized spacial score (nSPS) is 11.6. The summed E-state index contributed by atoms with van der Waals surface area (Å²) in [7, 11) is 0. The number of anilines is 1. The molecular weight excluding hydrogens is 555 g/mol. The van der Waals surface area contributed by atoms with Crippen molar-refractivity contribution in [2.45, 2.75) is 11.3 Å². The Balaban J connectivity index is 1.62. The molecule has 1 amide bonds. The third-order valence-electron chi connectivity index (χ3n) is 4.72. The first-order chi connectivity index (χ1) is 16.1. The van der Waals surface area contributed by atoms with Crippen molar-refractivity contribution < 1.29 is 18.0 Å². The number of para-hydroxylation sites is 1. The molecule has 174 valence electrons. The van der Waals surface area contributed by atoms with Crippen molar-refractivity contribution in [3.63, 3.8) is 0 Å². The highest BCUT2D eigenvalue weighted by molar-refractivity contribution is 9.10. The van der Waals surface area contributed by atoms with Crippen LogP contribution >= 0.6 is 39.3 Å². The molecule has 0 bridgehead atoms. The molecule has 0 saturated heterocycles. The predicted octanol–water partition coefficient (Wildman–Crippen LogP) is 6.55. The van der Waals surface area contributed by atoms with Crippen LogP contribution < -0.4 is 10.9 Å². The molecule has 34 heavy (non-hydrogen) atoms. The number of benzene rings is 3. The van der Waals surface area contributed by atoms with Gasteiger partial charge < -0.3 is 5.32 Å². The van der Waals surface area contributed by atoms with E-state index >= 15 is 0 Å². The van der Waals surface area contributed by atoms with E-state index in [1.807, 2.05) is 0 Å². The summed E-state index contributed by atoms with van der Waals surface area (Å²) in [5.41, 5.74) is -0.361. The molecule has 11 heteroatoms. The van der Waals surface area contributed by atoms with E-state index in [1.54, 1.807) is 48.5 Å². The third kappa shape index (κ3) is 5.29. The molecule has 4 aromatic rings. The molecule has 0 saturated carbocycles. The first kappa shape index (κ1) is 24.3.